The second-order valence-corrected chi connectivity index (χ2v) is 6.62. The Hall–Kier alpha value is -3.69. The lowest BCUT2D eigenvalue weighted by Gasteiger charge is -2.14. The highest BCUT2D eigenvalue weighted by Crippen LogP contribution is 2.21. The van der Waals surface area contributed by atoms with Gasteiger partial charge < -0.3 is 10.6 Å². The highest BCUT2D eigenvalue weighted by Gasteiger charge is 2.27. The Morgan fingerprint density at radius 1 is 1.23 bits per heavy atom. The van der Waals surface area contributed by atoms with Gasteiger partial charge in [0.1, 0.15) is 12.4 Å². The Labute approximate surface area is 167 Å². The van der Waals surface area contributed by atoms with Gasteiger partial charge in [-0.05, 0) is 23.8 Å². The maximum Gasteiger partial charge on any atom is 0.405 e. The van der Waals surface area contributed by atoms with E-state index in [0.717, 1.165) is 5.57 Å². The second kappa shape index (κ2) is 7.62. The molecule has 0 saturated carbocycles. The largest absolute Gasteiger partial charge is 0.405 e. The fourth-order valence-electron chi connectivity index (χ4n) is 3.14. The van der Waals surface area contributed by atoms with Crippen molar-refractivity contribution in [2.24, 2.45) is 0 Å². The van der Waals surface area contributed by atoms with E-state index in [1.54, 1.807) is 46.5 Å². The number of hydrogen-bond acceptors (Lipinski definition) is 3. The summed E-state index contributed by atoms with van der Waals surface area (Å²) in [6.45, 7) is -1.41. The van der Waals surface area contributed by atoms with E-state index in [-0.39, 0.29) is 12.2 Å². The predicted octanol–water partition coefficient (Wildman–Crippen LogP) is 3.11. The number of alkyl halides is 3. The highest BCUT2D eigenvalue weighted by molar-refractivity contribution is 5.78. The van der Waals surface area contributed by atoms with E-state index < -0.39 is 18.8 Å². The van der Waals surface area contributed by atoms with Gasteiger partial charge in [-0.3, -0.25) is 0 Å². The molecule has 2 aromatic heterocycles. The van der Waals surface area contributed by atoms with Crippen LogP contribution >= 0.6 is 0 Å². The summed E-state index contributed by atoms with van der Waals surface area (Å²) in [5, 5.41) is 9.23. The van der Waals surface area contributed by atoms with Crippen LogP contribution in [0.5, 0.6) is 0 Å². The van der Waals surface area contributed by atoms with Crippen LogP contribution in [0.1, 0.15) is 6.42 Å². The molecule has 0 saturated heterocycles. The first kappa shape index (κ1) is 19.6. The summed E-state index contributed by atoms with van der Waals surface area (Å²) in [6, 6.07) is 5.14. The van der Waals surface area contributed by atoms with Gasteiger partial charge in [0.05, 0.1) is 18.1 Å². The van der Waals surface area contributed by atoms with E-state index in [1.807, 2.05) is 6.08 Å². The number of rotatable bonds is 3. The van der Waals surface area contributed by atoms with E-state index in [1.165, 1.54) is 12.1 Å². The summed E-state index contributed by atoms with van der Waals surface area (Å²) < 4.78 is 51.8. The van der Waals surface area contributed by atoms with Crippen molar-refractivity contribution < 1.29 is 22.4 Å². The Bertz CT molecular complexity index is 1230. The molecule has 0 radical (unpaired) electrons. The van der Waals surface area contributed by atoms with Gasteiger partial charge in [0.25, 0.3) is 0 Å². The normalized spacial score (nSPS) is 15.9. The van der Waals surface area contributed by atoms with Crippen molar-refractivity contribution in [2.45, 2.75) is 12.6 Å². The molecule has 10 heteroatoms. The van der Waals surface area contributed by atoms with Gasteiger partial charge in [0.2, 0.25) is 0 Å². The molecule has 6 nitrogen and oxygen atoms in total. The zero-order valence-electron chi connectivity index (χ0n) is 15.4. The maximum absolute atomic E-state index is 13.6. The van der Waals surface area contributed by atoms with Crippen molar-refractivity contribution in [3.05, 3.63) is 71.6 Å². The second-order valence-electron chi connectivity index (χ2n) is 6.62. The first-order chi connectivity index (χ1) is 14.3. The number of halogens is 4. The number of amides is 2. The molecule has 3 aromatic rings. The third-order valence-electron chi connectivity index (χ3n) is 4.45. The number of benzene rings is 1. The Morgan fingerprint density at radius 3 is 2.83 bits per heavy atom. The van der Waals surface area contributed by atoms with Crippen molar-refractivity contribution in [1.82, 2.24) is 25.2 Å². The molecule has 0 fully saturated rings. The molecule has 4 rings (SSSR count). The lowest BCUT2D eigenvalue weighted by atomic mass is 10.0. The fraction of sp³-hybridized carbons (Fsp3) is 0.150. The smallest absolute Gasteiger partial charge is 0.329 e. The van der Waals surface area contributed by atoms with Gasteiger partial charge in [-0.15, -0.1) is 0 Å². The number of aromatic nitrogens is 3. The molecule has 2 amide bonds. The van der Waals surface area contributed by atoms with Crippen LogP contribution < -0.4 is 15.9 Å². The molecule has 30 heavy (non-hydrogen) atoms. The van der Waals surface area contributed by atoms with Crippen LogP contribution in [-0.4, -0.2) is 33.4 Å². The van der Waals surface area contributed by atoms with E-state index >= 15 is 0 Å². The van der Waals surface area contributed by atoms with Crippen molar-refractivity contribution in [3.63, 3.8) is 0 Å². The minimum absolute atomic E-state index is 0.277. The van der Waals surface area contributed by atoms with Crippen molar-refractivity contribution in [1.29, 1.82) is 0 Å². The summed E-state index contributed by atoms with van der Waals surface area (Å²) in [6.07, 6.45) is 4.09. The Kier molecular flexibility index (Phi) is 4.98. The average Bonchev–Trinajstić information content (AvgIpc) is 3.28. The molecule has 1 aromatic carbocycles. The van der Waals surface area contributed by atoms with Crippen LogP contribution in [0.15, 0.2) is 60.6 Å². The first-order valence-electron chi connectivity index (χ1n) is 8.90. The number of fused-ring (bicyclic) bond motifs is 1. The summed E-state index contributed by atoms with van der Waals surface area (Å²) >= 11 is 0. The first-order valence-corrected chi connectivity index (χ1v) is 8.90. The SMILES string of the molecule is O=C(NCC(F)(F)F)NC1=CC=CC(=c2cnn3c(-c4cccc(F)c4)cnc23)C1. The quantitative estimate of drug-likeness (QED) is 0.644. The number of carbonyl (C=O) groups excluding carboxylic acids is 1. The molecule has 0 spiro atoms. The predicted molar refractivity (Wildman–Crippen MR) is 101 cm³/mol. The molecule has 0 aliphatic heterocycles. The molecule has 0 unspecified atom stereocenters. The number of hydrogen-bond donors (Lipinski definition) is 2. The number of urea groups is 1. The molecule has 1 aliphatic carbocycles. The third-order valence-corrected chi connectivity index (χ3v) is 4.45. The summed E-state index contributed by atoms with van der Waals surface area (Å²) in [5.41, 5.74) is 3.01. The number of nitrogens with one attached hydrogen (secondary N) is 2. The Morgan fingerprint density at radius 2 is 2.07 bits per heavy atom. The van der Waals surface area contributed by atoms with E-state index in [0.29, 0.717) is 27.8 Å². The fourth-order valence-corrected chi connectivity index (χ4v) is 3.14. The van der Waals surface area contributed by atoms with Gasteiger partial charge >= 0.3 is 12.2 Å². The number of nitrogens with zero attached hydrogens (tertiary/aromatic N) is 3. The van der Waals surface area contributed by atoms with E-state index in [4.69, 9.17) is 0 Å². The molecular weight excluding hydrogens is 402 g/mol. The Balaban J connectivity index is 1.58. The van der Waals surface area contributed by atoms with Crippen LogP contribution in [0, 0.1) is 5.82 Å². The van der Waals surface area contributed by atoms with Crippen LogP contribution in [0.2, 0.25) is 0 Å². The van der Waals surface area contributed by atoms with Crippen molar-refractivity contribution >= 4 is 17.3 Å². The summed E-state index contributed by atoms with van der Waals surface area (Å²) in [5.74, 6) is -0.372. The van der Waals surface area contributed by atoms with Gasteiger partial charge in [0.15, 0.2) is 5.65 Å². The number of imidazole rings is 1. The maximum atomic E-state index is 13.6. The van der Waals surface area contributed by atoms with Gasteiger partial charge in [-0.25, -0.2) is 18.7 Å². The van der Waals surface area contributed by atoms with Crippen LogP contribution in [-0.2, 0) is 0 Å². The highest BCUT2D eigenvalue weighted by atomic mass is 19.4. The van der Waals surface area contributed by atoms with Crippen LogP contribution in [0.25, 0.3) is 22.5 Å². The van der Waals surface area contributed by atoms with Crippen molar-refractivity contribution in [3.8, 4) is 11.3 Å². The summed E-state index contributed by atoms with van der Waals surface area (Å²) in [7, 11) is 0. The van der Waals surface area contributed by atoms with Crippen molar-refractivity contribution in [2.75, 3.05) is 6.54 Å². The third kappa shape index (κ3) is 4.17. The minimum atomic E-state index is -4.48. The van der Waals surface area contributed by atoms with Crippen LogP contribution in [0.4, 0.5) is 22.4 Å². The number of carbonyl (C=O) groups is 1. The monoisotopic (exact) mass is 417 g/mol. The lowest BCUT2D eigenvalue weighted by Crippen LogP contribution is -2.40. The van der Waals surface area contributed by atoms with Gasteiger partial charge in [0, 0.05) is 22.9 Å². The molecule has 0 bridgehead atoms. The summed E-state index contributed by atoms with van der Waals surface area (Å²) in [4.78, 5) is 16.1. The molecule has 1 aliphatic rings. The van der Waals surface area contributed by atoms with Gasteiger partial charge in [-0.2, -0.15) is 18.3 Å². The standard InChI is InChI=1S/C20H15F4N5O/c21-14-5-1-4-13(7-14)17-10-25-18-16(9-27-29(17)18)12-3-2-6-15(8-12)28-19(30)26-11-20(22,23)24/h1-7,9-10H,8,11H2,(H2,26,28,30). The molecule has 154 valence electrons. The average molecular weight is 417 g/mol. The molecule has 0 atom stereocenters. The number of allylic oxidation sites excluding steroid dienone is 4. The zero-order chi connectivity index (χ0) is 21.3. The van der Waals surface area contributed by atoms with Crippen LogP contribution in [0.3, 0.4) is 0 Å². The topological polar surface area (TPSA) is 71.3 Å². The molecular formula is C20H15F4N5O. The lowest BCUT2D eigenvalue weighted by molar-refractivity contribution is -0.122. The minimum Gasteiger partial charge on any atom is -0.329 e. The van der Waals surface area contributed by atoms with E-state index in [2.05, 4.69) is 15.4 Å². The molecule has 2 heterocycles. The zero-order valence-corrected chi connectivity index (χ0v) is 15.4. The van der Waals surface area contributed by atoms with Gasteiger partial charge in [-0.1, -0.05) is 24.3 Å². The molecule has 2 N–H and O–H groups in total. The van der Waals surface area contributed by atoms with E-state index in [9.17, 15) is 22.4 Å².